The first-order valence-electron chi connectivity index (χ1n) is 9.70. The van der Waals surface area contributed by atoms with Gasteiger partial charge in [0, 0.05) is 10.2 Å². The first kappa shape index (κ1) is 27.3. The van der Waals surface area contributed by atoms with Gasteiger partial charge in [-0.2, -0.15) is 0 Å². The van der Waals surface area contributed by atoms with Gasteiger partial charge in [0.2, 0.25) is 5.91 Å². The molecule has 3 rings (SSSR count). The Kier molecular flexibility index (Phi) is 9.44. The molecule has 0 bridgehead atoms. The molecule has 13 heteroatoms. The van der Waals surface area contributed by atoms with Gasteiger partial charge in [-0.15, -0.1) is 0 Å². The zero-order chi connectivity index (χ0) is 25.7. The van der Waals surface area contributed by atoms with Gasteiger partial charge in [-0.3, -0.25) is 19.3 Å². The van der Waals surface area contributed by atoms with E-state index >= 15 is 0 Å². The monoisotopic (exact) mass is 694 g/mol. The predicted octanol–water partition coefficient (Wildman–Crippen LogP) is 4.94. The number of carbonyl (C=O) groups is 4. The second-order valence-electron chi connectivity index (χ2n) is 6.84. The molecule has 2 aromatic rings. The molecule has 0 radical (unpaired) electrons. The minimum atomic E-state index is -0.594. The number of methoxy groups -OCH3 is 2. The van der Waals surface area contributed by atoms with Crippen LogP contribution in [0.4, 0.5) is 10.5 Å². The summed E-state index contributed by atoms with van der Waals surface area (Å²) in [5.41, 5.74) is 0.998. The molecule has 9 nitrogen and oxygen atoms in total. The molecule has 2 aromatic carbocycles. The minimum absolute atomic E-state index is 0.149. The van der Waals surface area contributed by atoms with E-state index in [0.717, 1.165) is 16.7 Å². The number of ether oxygens (including phenoxy) is 3. The first-order chi connectivity index (χ1) is 16.6. The Morgan fingerprint density at radius 3 is 2.63 bits per heavy atom. The normalized spacial score (nSPS) is 14.3. The van der Waals surface area contributed by atoms with E-state index in [0.29, 0.717) is 35.8 Å². The Hall–Kier alpha value is -2.29. The van der Waals surface area contributed by atoms with E-state index in [1.807, 2.05) is 22.6 Å². The fraction of sp³-hybridized carbons (Fsp3) is 0.182. The summed E-state index contributed by atoms with van der Waals surface area (Å²) in [6.07, 6.45) is 1.52. The van der Waals surface area contributed by atoms with E-state index in [1.54, 1.807) is 30.3 Å². The van der Waals surface area contributed by atoms with Gasteiger partial charge in [0.05, 0.1) is 27.7 Å². The van der Waals surface area contributed by atoms with Crippen molar-refractivity contribution in [2.24, 2.45) is 0 Å². The SMILES string of the molecule is COC(=O)COc1c(I)cc(/C=C2\SC(=O)N(CC(=O)Nc3ccc(Br)c(Cl)c3)C2=O)cc1OC. The maximum Gasteiger partial charge on any atom is 0.343 e. The van der Waals surface area contributed by atoms with Gasteiger partial charge in [0.25, 0.3) is 11.1 Å². The molecular weight excluding hydrogens is 679 g/mol. The van der Waals surface area contributed by atoms with Crippen LogP contribution in [-0.4, -0.2) is 55.3 Å². The third kappa shape index (κ3) is 6.90. The van der Waals surface area contributed by atoms with Crippen molar-refractivity contribution in [3.8, 4) is 11.5 Å². The van der Waals surface area contributed by atoms with E-state index in [-0.39, 0.29) is 11.5 Å². The highest BCUT2D eigenvalue weighted by atomic mass is 127. The molecule has 0 aromatic heterocycles. The Balaban J connectivity index is 1.74. The van der Waals surface area contributed by atoms with Crippen LogP contribution >= 0.6 is 61.9 Å². The summed E-state index contributed by atoms with van der Waals surface area (Å²) in [7, 11) is 2.69. The number of benzene rings is 2. The molecule has 1 fully saturated rings. The number of anilines is 1. The highest BCUT2D eigenvalue weighted by Crippen LogP contribution is 2.37. The number of hydrogen-bond acceptors (Lipinski definition) is 8. The molecule has 184 valence electrons. The van der Waals surface area contributed by atoms with Crippen LogP contribution in [0.3, 0.4) is 0 Å². The number of hydrogen-bond donors (Lipinski definition) is 1. The second kappa shape index (κ2) is 12.1. The highest BCUT2D eigenvalue weighted by Gasteiger charge is 2.36. The van der Waals surface area contributed by atoms with Gasteiger partial charge in [-0.05, 0) is 92.3 Å². The maximum atomic E-state index is 12.8. The van der Waals surface area contributed by atoms with Crippen molar-refractivity contribution in [1.29, 1.82) is 0 Å². The summed E-state index contributed by atoms with van der Waals surface area (Å²) >= 11 is 12.0. The summed E-state index contributed by atoms with van der Waals surface area (Å²) in [6, 6.07) is 8.16. The zero-order valence-corrected chi connectivity index (χ0v) is 23.5. The van der Waals surface area contributed by atoms with Crippen molar-refractivity contribution in [1.82, 2.24) is 4.90 Å². The second-order valence-corrected chi connectivity index (χ2v) is 10.3. The number of halogens is 3. The van der Waals surface area contributed by atoms with Crippen LogP contribution in [0.15, 0.2) is 39.7 Å². The summed E-state index contributed by atoms with van der Waals surface area (Å²) in [5, 5.41) is 2.45. The first-order valence-corrected chi connectivity index (χ1v) is 12.8. The van der Waals surface area contributed by atoms with Gasteiger partial charge in [0.15, 0.2) is 18.1 Å². The van der Waals surface area contributed by atoms with Crippen LogP contribution in [0.25, 0.3) is 6.08 Å². The third-order valence-electron chi connectivity index (χ3n) is 4.49. The third-order valence-corrected chi connectivity index (χ3v) is 7.43. The van der Waals surface area contributed by atoms with Crippen LogP contribution in [0.1, 0.15) is 5.56 Å². The van der Waals surface area contributed by atoms with E-state index in [2.05, 4.69) is 26.0 Å². The fourth-order valence-corrected chi connectivity index (χ4v) is 4.91. The van der Waals surface area contributed by atoms with E-state index < -0.39 is 29.6 Å². The molecule has 1 N–H and O–H groups in total. The Morgan fingerprint density at radius 2 is 1.97 bits per heavy atom. The molecule has 35 heavy (non-hydrogen) atoms. The van der Waals surface area contributed by atoms with E-state index in [9.17, 15) is 19.2 Å². The van der Waals surface area contributed by atoms with Gasteiger partial charge >= 0.3 is 5.97 Å². The molecule has 1 heterocycles. The number of rotatable bonds is 8. The van der Waals surface area contributed by atoms with Gasteiger partial charge in [0.1, 0.15) is 6.54 Å². The number of amides is 3. The molecule has 1 aliphatic heterocycles. The molecule has 0 spiro atoms. The van der Waals surface area contributed by atoms with Crippen molar-refractivity contribution in [3.05, 3.63) is 53.9 Å². The predicted molar refractivity (Wildman–Crippen MR) is 144 cm³/mol. The molecular formula is C22H17BrClIN2O7S. The van der Waals surface area contributed by atoms with Crippen LogP contribution in [0.5, 0.6) is 11.5 Å². The Labute approximate surface area is 231 Å². The van der Waals surface area contributed by atoms with E-state index in [4.69, 9.17) is 21.1 Å². The minimum Gasteiger partial charge on any atom is -0.493 e. The lowest BCUT2D eigenvalue weighted by Crippen LogP contribution is -2.36. The van der Waals surface area contributed by atoms with Crippen molar-refractivity contribution in [2.75, 3.05) is 32.7 Å². The summed E-state index contributed by atoms with van der Waals surface area (Å²) < 4.78 is 16.7. The summed E-state index contributed by atoms with van der Waals surface area (Å²) in [5.74, 6) is -1.01. The smallest absolute Gasteiger partial charge is 0.343 e. The van der Waals surface area contributed by atoms with Gasteiger partial charge in [-0.1, -0.05) is 11.6 Å². The average Bonchev–Trinajstić information content (AvgIpc) is 3.07. The Bertz CT molecular complexity index is 1240. The van der Waals surface area contributed by atoms with Crippen LogP contribution in [0, 0.1) is 3.57 Å². The summed E-state index contributed by atoms with van der Waals surface area (Å²) in [6.45, 7) is -0.744. The standard InChI is InChI=1S/C22H17BrClIN2O7S/c1-32-16-6-11(5-15(25)20(16)34-10-19(29)33-2)7-17-21(30)27(22(31)35-17)9-18(28)26-12-3-4-13(23)14(24)8-12/h3-8H,9-10H2,1-2H3,(H,26,28)/b17-7-. The highest BCUT2D eigenvalue weighted by molar-refractivity contribution is 14.1. The fourth-order valence-electron chi connectivity index (χ4n) is 2.86. The van der Waals surface area contributed by atoms with Crippen molar-refractivity contribution < 1.29 is 33.4 Å². The number of thioether (sulfide) groups is 1. The van der Waals surface area contributed by atoms with Crippen molar-refractivity contribution in [2.45, 2.75) is 0 Å². The molecule has 3 amide bonds. The van der Waals surface area contributed by atoms with Gasteiger partial charge < -0.3 is 19.5 Å². The zero-order valence-electron chi connectivity index (χ0n) is 18.2. The van der Waals surface area contributed by atoms with Crippen molar-refractivity contribution in [3.63, 3.8) is 0 Å². The lowest BCUT2D eigenvalue weighted by atomic mass is 10.2. The number of carbonyl (C=O) groups excluding carboxylic acids is 4. The molecule has 0 aliphatic carbocycles. The van der Waals surface area contributed by atoms with Crippen molar-refractivity contribution >= 4 is 96.7 Å². The van der Waals surface area contributed by atoms with Crippen LogP contribution in [-0.2, 0) is 19.1 Å². The molecule has 0 unspecified atom stereocenters. The molecule has 1 aliphatic rings. The molecule has 0 atom stereocenters. The number of imide groups is 1. The summed E-state index contributed by atoms with van der Waals surface area (Å²) in [4.78, 5) is 50.1. The van der Waals surface area contributed by atoms with Crippen LogP contribution in [0.2, 0.25) is 5.02 Å². The lowest BCUT2D eigenvalue weighted by Gasteiger charge is -2.13. The average molecular weight is 696 g/mol. The lowest BCUT2D eigenvalue weighted by molar-refractivity contribution is -0.143. The van der Waals surface area contributed by atoms with Crippen LogP contribution < -0.4 is 14.8 Å². The number of nitrogens with one attached hydrogen (secondary N) is 1. The number of nitrogens with zero attached hydrogens (tertiary/aromatic N) is 1. The molecule has 0 saturated carbocycles. The Morgan fingerprint density at radius 1 is 1.23 bits per heavy atom. The molecule has 1 saturated heterocycles. The maximum absolute atomic E-state index is 12.8. The van der Waals surface area contributed by atoms with E-state index in [1.165, 1.54) is 20.3 Å². The quantitative estimate of drug-likeness (QED) is 0.235. The van der Waals surface area contributed by atoms with Gasteiger partial charge in [-0.25, -0.2) is 4.79 Å². The largest absolute Gasteiger partial charge is 0.493 e. The number of esters is 1. The topological polar surface area (TPSA) is 111 Å².